The van der Waals surface area contributed by atoms with Crippen molar-refractivity contribution in [2.75, 3.05) is 5.32 Å². The van der Waals surface area contributed by atoms with Crippen molar-refractivity contribution >= 4 is 34.6 Å². The van der Waals surface area contributed by atoms with Crippen LogP contribution in [0.2, 0.25) is 0 Å². The van der Waals surface area contributed by atoms with Crippen molar-refractivity contribution in [2.24, 2.45) is 11.0 Å². The first-order valence-corrected chi connectivity index (χ1v) is 10.3. The molecule has 4 rings (SSSR count). The van der Waals surface area contributed by atoms with Gasteiger partial charge in [0.1, 0.15) is 0 Å². The van der Waals surface area contributed by atoms with Crippen molar-refractivity contribution in [3.05, 3.63) is 88.1 Å². The molecule has 0 aliphatic heterocycles. The molecule has 0 bridgehead atoms. The van der Waals surface area contributed by atoms with Crippen LogP contribution in [0.3, 0.4) is 0 Å². The van der Waals surface area contributed by atoms with E-state index in [0.29, 0.717) is 16.3 Å². The lowest BCUT2D eigenvalue weighted by molar-refractivity contribution is -0.122. The molecule has 0 radical (unpaired) electrons. The molecule has 0 unspecified atom stereocenters. The quantitative estimate of drug-likeness (QED) is 0.465. The van der Waals surface area contributed by atoms with Gasteiger partial charge in [0.25, 0.3) is 5.91 Å². The van der Waals surface area contributed by atoms with E-state index in [1.165, 1.54) is 16.9 Å². The smallest absolute Gasteiger partial charge is 0.265 e. The van der Waals surface area contributed by atoms with Crippen molar-refractivity contribution in [1.82, 2.24) is 5.43 Å². The highest BCUT2D eigenvalue weighted by Crippen LogP contribution is 2.47. The van der Waals surface area contributed by atoms with Gasteiger partial charge in [-0.15, -0.1) is 11.3 Å². The van der Waals surface area contributed by atoms with Crippen LogP contribution < -0.4 is 10.7 Å². The Kier molecular flexibility index (Phi) is 5.53. The molecule has 5 nitrogen and oxygen atoms in total. The van der Waals surface area contributed by atoms with Gasteiger partial charge in [0.15, 0.2) is 0 Å². The summed E-state index contributed by atoms with van der Waals surface area (Å²) < 4.78 is 0. The number of rotatable bonds is 6. The normalized spacial score (nSPS) is 18.2. The van der Waals surface area contributed by atoms with Gasteiger partial charge in [-0.2, -0.15) is 5.10 Å². The Labute approximate surface area is 173 Å². The molecule has 1 aromatic heterocycles. The van der Waals surface area contributed by atoms with Gasteiger partial charge in [-0.25, -0.2) is 5.43 Å². The number of benzene rings is 2. The van der Waals surface area contributed by atoms with E-state index < -0.39 is 0 Å². The van der Waals surface area contributed by atoms with E-state index >= 15 is 0 Å². The number of anilines is 1. The first-order chi connectivity index (χ1) is 14.1. The summed E-state index contributed by atoms with van der Waals surface area (Å²) in [6.45, 7) is 1.84. The number of amides is 2. The minimum absolute atomic E-state index is 0.0228. The Balaban J connectivity index is 1.37. The van der Waals surface area contributed by atoms with Crippen LogP contribution in [-0.4, -0.2) is 17.5 Å². The van der Waals surface area contributed by atoms with Crippen LogP contribution in [0.1, 0.15) is 40.1 Å². The fourth-order valence-electron chi connectivity index (χ4n) is 3.26. The third-order valence-corrected chi connectivity index (χ3v) is 5.84. The molecule has 3 aromatic rings. The van der Waals surface area contributed by atoms with Gasteiger partial charge in [0.2, 0.25) is 5.91 Å². The van der Waals surface area contributed by atoms with E-state index in [9.17, 15) is 9.59 Å². The zero-order valence-electron chi connectivity index (χ0n) is 16.0. The first-order valence-electron chi connectivity index (χ1n) is 9.46. The number of carbonyl (C=O) groups excluding carboxylic acids is 2. The van der Waals surface area contributed by atoms with E-state index in [-0.39, 0.29) is 23.7 Å². The largest absolute Gasteiger partial charge is 0.321 e. The van der Waals surface area contributed by atoms with Gasteiger partial charge in [-0.05, 0) is 54.0 Å². The van der Waals surface area contributed by atoms with Crippen molar-refractivity contribution in [2.45, 2.75) is 19.3 Å². The number of hydrazone groups is 1. The molecule has 2 amide bonds. The minimum atomic E-state index is -0.138. The maximum Gasteiger partial charge on any atom is 0.265 e. The summed E-state index contributed by atoms with van der Waals surface area (Å²) in [5, 5.41) is 9.01. The van der Waals surface area contributed by atoms with Gasteiger partial charge in [-0.1, -0.05) is 48.5 Å². The highest BCUT2D eigenvalue weighted by molar-refractivity contribution is 7.12. The molecular weight excluding hydrogens is 382 g/mol. The van der Waals surface area contributed by atoms with Crippen LogP contribution in [0.4, 0.5) is 5.69 Å². The third-order valence-electron chi connectivity index (χ3n) is 4.97. The molecule has 146 valence electrons. The lowest BCUT2D eigenvalue weighted by atomic mass is 10.1. The topological polar surface area (TPSA) is 70.6 Å². The molecule has 0 spiro atoms. The van der Waals surface area contributed by atoms with E-state index in [2.05, 4.69) is 28.0 Å². The Bertz CT molecular complexity index is 1050. The minimum Gasteiger partial charge on any atom is -0.321 e. The number of thiophene rings is 1. The highest BCUT2D eigenvalue weighted by atomic mass is 32.1. The second-order valence-electron chi connectivity index (χ2n) is 7.04. The standard InChI is InChI=1S/C23H21N3O2S/c1-15(25-26-22(27)20-14-19(20)16-7-3-2-4-8-16)17-9-5-10-18(13-17)24-23(28)21-11-6-12-29-21/h2-13,19-20H,14H2,1H3,(H,24,28)(H,26,27)/t19-,20+/m1/s1. The fourth-order valence-corrected chi connectivity index (χ4v) is 3.88. The maximum atomic E-state index is 12.4. The van der Waals surface area contributed by atoms with Crippen LogP contribution in [0.15, 0.2) is 77.2 Å². The highest BCUT2D eigenvalue weighted by Gasteiger charge is 2.43. The fraction of sp³-hybridized carbons (Fsp3) is 0.174. The molecule has 1 fully saturated rings. The Morgan fingerprint density at radius 1 is 1.03 bits per heavy atom. The summed E-state index contributed by atoms with van der Waals surface area (Å²) in [7, 11) is 0. The first kappa shape index (κ1) is 19.1. The molecule has 2 aromatic carbocycles. The predicted octanol–water partition coefficient (Wildman–Crippen LogP) is 4.64. The molecule has 29 heavy (non-hydrogen) atoms. The zero-order chi connectivity index (χ0) is 20.2. The average Bonchev–Trinajstić information content (AvgIpc) is 3.36. The molecular formula is C23H21N3O2S. The van der Waals surface area contributed by atoms with Gasteiger partial charge in [-0.3, -0.25) is 9.59 Å². The summed E-state index contributed by atoms with van der Waals surface area (Å²) >= 11 is 1.40. The van der Waals surface area contributed by atoms with Crippen molar-refractivity contribution < 1.29 is 9.59 Å². The van der Waals surface area contributed by atoms with Gasteiger partial charge in [0, 0.05) is 11.6 Å². The van der Waals surface area contributed by atoms with Crippen LogP contribution in [-0.2, 0) is 4.79 Å². The van der Waals surface area contributed by atoms with Crippen LogP contribution in [0.5, 0.6) is 0 Å². The molecule has 1 aliphatic rings. The van der Waals surface area contributed by atoms with Crippen LogP contribution >= 0.6 is 11.3 Å². The van der Waals surface area contributed by atoms with Crippen LogP contribution in [0, 0.1) is 5.92 Å². The lowest BCUT2D eigenvalue weighted by Gasteiger charge is -2.07. The summed E-state index contributed by atoms with van der Waals surface area (Å²) in [6.07, 6.45) is 0.856. The molecule has 6 heteroatoms. The summed E-state index contributed by atoms with van der Waals surface area (Å²) in [5.74, 6) is 0.0638. The summed E-state index contributed by atoms with van der Waals surface area (Å²) in [4.78, 5) is 25.3. The monoisotopic (exact) mass is 403 g/mol. The molecule has 2 atom stereocenters. The zero-order valence-corrected chi connectivity index (χ0v) is 16.8. The van der Waals surface area contributed by atoms with Crippen molar-refractivity contribution in [3.8, 4) is 0 Å². The molecule has 0 saturated heterocycles. The third kappa shape index (κ3) is 4.60. The molecule has 2 N–H and O–H groups in total. The predicted molar refractivity (Wildman–Crippen MR) is 116 cm³/mol. The average molecular weight is 404 g/mol. The van der Waals surface area contributed by atoms with Crippen molar-refractivity contribution in [3.63, 3.8) is 0 Å². The molecule has 1 saturated carbocycles. The number of carbonyl (C=O) groups is 2. The van der Waals surface area contributed by atoms with Gasteiger partial charge < -0.3 is 5.32 Å². The Hall–Kier alpha value is -3.25. The maximum absolute atomic E-state index is 12.4. The molecule has 1 heterocycles. The van der Waals surface area contributed by atoms with Crippen molar-refractivity contribution in [1.29, 1.82) is 0 Å². The summed E-state index contributed by atoms with van der Waals surface area (Å²) in [5.41, 5.74) is 6.09. The van der Waals surface area contributed by atoms with E-state index in [1.54, 1.807) is 6.07 Å². The van der Waals surface area contributed by atoms with Gasteiger partial charge in [0.05, 0.1) is 10.6 Å². The van der Waals surface area contributed by atoms with E-state index in [4.69, 9.17) is 0 Å². The SMILES string of the molecule is CC(=NNC(=O)[C@H]1C[C@@H]1c1ccccc1)c1cccc(NC(=O)c2cccs2)c1. The Morgan fingerprint density at radius 3 is 2.62 bits per heavy atom. The van der Waals surface area contributed by atoms with E-state index in [1.807, 2.05) is 60.8 Å². The number of hydrogen-bond donors (Lipinski definition) is 2. The number of nitrogens with one attached hydrogen (secondary N) is 2. The lowest BCUT2D eigenvalue weighted by Crippen LogP contribution is -2.21. The van der Waals surface area contributed by atoms with Gasteiger partial charge >= 0.3 is 0 Å². The Morgan fingerprint density at radius 2 is 1.86 bits per heavy atom. The van der Waals surface area contributed by atoms with E-state index in [0.717, 1.165) is 12.0 Å². The number of hydrogen-bond acceptors (Lipinski definition) is 4. The van der Waals surface area contributed by atoms with Crippen LogP contribution in [0.25, 0.3) is 0 Å². The summed E-state index contributed by atoms with van der Waals surface area (Å²) in [6, 6.07) is 21.1. The number of nitrogens with zero attached hydrogens (tertiary/aromatic N) is 1. The second-order valence-corrected chi connectivity index (χ2v) is 7.99. The second kappa shape index (κ2) is 8.41. The molecule has 1 aliphatic carbocycles.